The first-order chi connectivity index (χ1) is 11.3. The summed E-state index contributed by atoms with van der Waals surface area (Å²) in [5.74, 6) is 0.528. The number of hydrogen-bond donors (Lipinski definition) is 1. The van der Waals surface area contributed by atoms with Gasteiger partial charge < -0.3 is 5.32 Å². The Morgan fingerprint density at radius 2 is 2.13 bits per heavy atom. The SMILES string of the molecule is CC[C@H](C(=O)NCc1csc(-c2ncccn2)n1)n1cccn1. The lowest BCUT2D eigenvalue weighted by atomic mass is 10.2. The normalized spacial score (nSPS) is 12.0. The number of hydrogen-bond acceptors (Lipinski definition) is 6. The van der Waals surface area contributed by atoms with E-state index in [4.69, 9.17) is 0 Å². The van der Waals surface area contributed by atoms with Gasteiger partial charge in [-0.3, -0.25) is 9.48 Å². The van der Waals surface area contributed by atoms with Gasteiger partial charge in [0.1, 0.15) is 6.04 Å². The number of rotatable bonds is 6. The Labute approximate surface area is 137 Å². The average Bonchev–Trinajstić information content (AvgIpc) is 3.26. The number of nitrogens with zero attached hydrogens (tertiary/aromatic N) is 5. The molecule has 3 heterocycles. The van der Waals surface area contributed by atoms with Crippen LogP contribution >= 0.6 is 11.3 Å². The molecular formula is C15H16N6OS. The van der Waals surface area contributed by atoms with E-state index in [1.54, 1.807) is 35.5 Å². The van der Waals surface area contributed by atoms with Crippen LogP contribution in [0.3, 0.4) is 0 Å². The highest BCUT2D eigenvalue weighted by Crippen LogP contribution is 2.19. The van der Waals surface area contributed by atoms with Crippen LogP contribution in [0.4, 0.5) is 0 Å². The van der Waals surface area contributed by atoms with Crippen LogP contribution in [0, 0.1) is 0 Å². The topological polar surface area (TPSA) is 85.6 Å². The van der Waals surface area contributed by atoms with E-state index in [0.717, 1.165) is 10.7 Å². The molecule has 0 spiro atoms. The molecule has 0 unspecified atom stereocenters. The first-order valence-electron chi connectivity index (χ1n) is 7.26. The molecule has 3 aromatic heterocycles. The molecule has 1 atom stereocenters. The Bertz CT molecular complexity index is 755. The third-order valence-electron chi connectivity index (χ3n) is 3.29. The van der Waals surface area contributed by atoms with Gasteiger partial charge >= 0.3 is 0 Å². The summed E-state index contributed by atoms with van der Waals surface area (Å²) in [6, 6.07) is 3.27. The standard InChI is InChI=1S/C15H16N6OS/c1-2-12(21-8-4-7-19-21)14(22)18-9-11-10-23-15(20-11)13-16-5-3-6-17-13/h3-8,10,12H,2,9H2,1H3,(H,18,22)/t12-/m1/s1. The molecule has 7 nitrogen and oxygen atoms in total. The van der Waals surface area contributed by atoms with Crippen molar-refractivity contribution >= 4 is 17.2 Å². The van der Waals surface area contributed by atoms with Crippen molar-refractivity contribution < 1.29 is 4.79 Å². The molecule has 0 fully saturated rings. The van der Waals surface area contributed by atoms with Crippen LogP contribution in [0.25, 0.3) is 10.8 Å². The second kappa shape index (κ2) is 7.10. The average molecular weight is 328 g/mol. The highest BCUT2D eigenvalue weighted by atomic mass is 32.1. The summed E-state index contributed by atoms with van der Waals surface area (Å²) in [6.45, 7) is 2.33. The van der Waals surface area contributed by atoms with E-state index in [9.17, 15) is 4.79 Å². The smallest absolute Gasteiger partial charge is 0.245 e. The molecular weight excluding hydrogens is 312 g/mol. The van der Waals surface area contributed by atoms with Crippen LogP contribution in [0.1, 0.15) is 25.1 Å². The van der Waals surface area contributed by atoms with Gasteiger partial charge in [-0.2, -0.15) is 5.10 Å². The van der Waals surface area contributed by atoms with Gasteiger partial charge in [0.2, 0.25) is 5.91 Å². The second-order valence-corrected chi connectivity index (χ2v) is 5.70. The highest BCUT2D eigenvalue weighted by molar-refractivity contribution is 7.13. The molecule has 118 valence electrons. The lowest BCUT2D eigenvalue weighted by Crippen LogP contribution is -2.32. The van der Waals surface area contributed by atoms with Gasteiger partial charge in [0.05, 0.1) is 12.2 Å². The minimum atomic E-state index is -0.305. The minimum absolute atomic E-state index is 0.0679. The summed E-state index contributed by atoms with van der Waals surface area (Å²) in [5, 5.41) is 9.69. The van der Waals surface area contributed by atoms with Gasteiger partial charge in [0.25, 0.3) is 0 Å². The van der Waals surface area contributed by atoms with Crippen molar-refractivity contribution in [1.82, 2.24) is 30.0 Å². The largest absolute Gasteiger partial charge is 0.349 e. The molecule has 0 saturated carbocycles. The number of amides is 1. The molecule has 3 aromatic rings. The zero-order valence-corrected chi connectivity index (χ0v) is 13.4. The van der Waals surface area contributed by atoms with Crippen molar-refractivity contribution in [1.29, 1.82) is 0 Å². The Hall–Kier alpha value is -2.61. The zero-order chi connectivity index (χ0) is 16.1. The first kappa shape index (κ1) is 15.3. The predicted molar refractivity (Wildman–Crippen MR) is 86.5 cm³/mol. The fourth-order valence-corrected chi connectivity index (χ4v) is 2.92. The molecule has 0 radical (unpaired) electrons. The maximum Gasteiger partial charge on any atom is 0.245 e. The van der Waals surface area contributed by atoms with Crippen LogP contribution in [0.5, 0.6) is 0 Å². The van der Waals surface area contributed by atoms with E-state index in [0.29, 0.717) is 18.8 Å². The van der Waals surface area contributed by atoms with E-state index in [2.05, 4.69) is 25.4 Å². The Balaban J connectivity index is 1.62. The molecule has 1 amide bonds. The Morgan fingerprint density at radius 3 is 2.83 bits per heavy atom. The molecule has 1 N–H and O–H groups in total. The summed E-state index contributed by atoms with van der Waals surface area (Å²) in [6.07, 6.45) is 7.50. The van der Waals surface area contributed by atoms with E-state index in [1.165, 1.54) is 11.3 Å². The second-order valence-electron chi connectivity index (χ2n) is 4.84. The number of aromatic nitrogens is 5. The van der Waals surface area contributed by atoms with Gasteiger partial charge in [-0.25, -0.2) is 15.0 Å². The summed E-state index contributed by atoms with van der Waals surface area (Å²) >= 11 is 1.46. The molecule has 3 rings (SSSR count). The molecule has 0 aliphatic carbocycles. The van der Waals surface area contributed by atoms with E-state index >= 15 is 0 Å². The van der Waals surface area contributed by atoms with Crippen molar-refractivity contribution in [2.24, 2.45) is 0 Å². The summed E-state index contributed by atoms with van der Waals surface area (Å²) < 4.78 is 1.67. The maximum atomic E-state index is 12.3. The molecule has 0 aliphatic heterocycles. The summed E-state index contributed by atoms with van der Waals surface area (Å²) in [5.41, 5.74) is 0.793. The molecule has 0 saturated heterocycles. The minimum Gasteiger partial charge on any atom is -0.349 e. The van der Waals surface area contributed by atoms with E-state index in [1.807, 2.05) is 18.4 Å². The monoisotopic (exact) mass is 328 g/mol. The highest BCUT2D eigenvalue weighted by Gasteiger charge is 2.18. The van der Waals surface area contributed by atoms with Crippen molar-refractivity contribution in [3.05, 3.63) is 48.0 Å². The quantitative estimate of drug-likeness (QED) is 0.748. The molecule has 23 heavy (non-hydrogen) atoms. The van der Waals surface area contributed by atoms with Crippen molar-refractivity contribution in [3.63, 3.8) is 0 Å². The number of carbonyl (C=O) groups excluding carboxylic acids is 1. The molecule has 0 aromatic carbocycles. The van der Waals surface area contributed by atoms with Gasteiger partial charge in [-0.15, -0.1) is 11.3 Å². The lowest BCUT2D eigenvalue weighted by Gasteiger charge is -2.14. The fraction of sp³-hybridized carbons (Fsp3) is 0.267. The number of carbonyl (C=O) groups is 1. The van der Waals surface area contributed by atoms with Gasteiger partial charge in [-0.05, 0) is 18.6 Å². The Morgan fingerprint density at radius 1 is 1.30 bits per heavy atom. The fourth-order valence-electron chi connectivity index (χ4n) is 2.15. The lowest BCUT2D eigenvalue weighted by molar-refractivity contribution is -0.124. The van der Waals surface area contributed by atoms with Gasteiger partial charge in [-0.1, -0.05) is 6.92 Å². The molecule has 8 heteroatoms. The van der Waals surface area contributed by atoms with Crippen LogP contribution in [0.15, 0.2) is 42.3 Å². The predicted octanol–water partition coefficient (Wildman–Crippen LogP) is 2.06. The number of nitrogens with one attached hydrogen (secondary N) is 1. The third kappa shape index (κ3) is 3.59. The Kier molecular flexibility index (Phi) is 4.72. The van der Waals surface area contributed by atoms with Crippen LogP contribution in [-0.2, 0) is 11.3 Å². The van der Waals surface area contributed by atoms with Crippen molar-refractivity contribution in [2.45, 2.75) is 25.9 Å². The summed E-state index contributed by atoms with van der Waals surface area (Å²) in [4.78, 5) is 25.1. The van der Waals surface area contributed by atoms with Gasteiger partial charge in [0.15, 0.2) is 10.8 Å². The zero-order valence-electron chi connectivity index (χ0n) is 12.6. The van der Waals surface area contributed by atoms with E-state index in [-0.39, 0.29) is 11.9 Å². The first-order valence-corrected chi connectivity index (χ1v) is 8.14. The number of thiazole rings is 1. The van der Waals surface area contributed by atoms with E-state index < -0.39 is 0 Å². The van der Waals surface area contributed by atoms with Gasteiger partial charge in [0, 0.05) is 30.2 Å². The van der Waals surface area contributed by atoms with Crippen molar-refractivity contribution in [2.75, 3.05) is 0 Å². The van der Waals surface area contributed by atoms with Crippen molar-refractivity contribution in [3.8, 4) is 10.8 Å². The van der Waals surface area contributed by atoms with Crippen LogP contribution in [0.2, 0.25) is 0 Å². The van der Waals surface area contributed by atoms with Crippen LogP contribution < -0.4 is 5.32 Å². The molecule has 0 aliphatic rings. The maximum absolute atomic E-state index is 12.3. The van der Waals surface area contributed by atoms with Crippen LogP contribution in [-0.4, -0.2) is 30.6 Å². The summed E-state index contributed by atoms with van der Waals surface area (Å²) in [7, 11) is 0. The molecule has 0 bridgehead atoms. The third-order valence-corrected chi connectivity index (χ3v) is 4.17.